The van der Waals surface area contributed by atoms with Gasteiger partial charge in [-0.3, -0.25) is 20.0 Å². The van der Waals surface area contributed by atoms with Gasteiger partial charge in [0.05, 0.1) is 22.9 Å². The number of fused-ring (bicyclic) bond motifs is 1. The summed E-state index contributed by atoms with van der Waals surface area (Å²) in [4.78, 5) is 24.9. The average molecular weight is 306 g/mol. The second kappa shape index (κ2) is 5.40. The molecule has 1 amide bonds. The Labute approximate surface area is 132 Å². The molecule has 1 fully saturated rings. The van der Waals surface area contributed by atoms with Crippen molar-refractivity contribution in [1.82, 2.24) is 20.4 Å². The first kappa shape index (κ1) is 13.8. The summed E-state index contributed by atoms with van der Waals surface area (Å²) in [5.74, 6) is 0.0425. The Morgan fingerprint density at radius 2 is 1.96 bits per heavy atom. The predicted octanol–water partition coefficient (Wildman–Crippen LogP) is 2.69. The topological polar surface area (TPSA) is 88.0 Å². The van der Waals surface area contributed by atoms with Crippen molar-refractivity contribution in [3.05, 3.63) is 54.0 Å². The number of amides is 1. The van der Waals surface area contributed by atoms with Crippen LogP contribution in [0, 0.1) is 0 Å². The first-order valence-corrected chi connectivity index (χ1v) is 7.42. The molecule has 6 nitrogen and oxygen atoms in total. The summed E-state index contributed by atoms with van der Waals surface area (Å²) in [6.45, 7) is 0. The average Bonchev–Trinajstić information content (AvgIpc) is 3.45. The molecule has 4 rings (SSSR count). The van der Waals surface area contributed by atoms with Crippen LogP contribution in [0.4, 0.5) is 0 Å². The zero-order valence-electron chi connectivity index (χ0n) is 12.2. The van der Waals surface area contributed by atoms with Crippen LogP contribution in [-0.4, -0.2) is 26.1 Å². The largest absolute Gasteiger partial charge is 0.288 e. The van der Waals surface area contributed by atoms with E-state index in [0.29, 0.717) is 28.2 Å². The molecule has 6 heteroatoms. The number of rotatable bonds is 3. The Morgan fingerprint density at radius 1 is 1.09 bits per heavy atom. The lowest BCUT2D eigenvalue weighted by atomic mass is 10.1. The number of carbonyl (C=O) groups is 1. The molecule has 3 aromatic rings. The Hall–Kier alpha value is -2.86. The SMILES string of the molecule is O=C(NO)c1ccc2ncc(-c3ccc(C4CC4)nc3)nc2c1. The van der Waals surface area contributed by atoms with Gasteiger partial charge in [-0.1, -0.05) is 0 Å². The van der Waals surface area contributed by atoms with Gasteiger partial charge in [0, 0.05) is 28.9 Å². The van der Waals surface area contributed by atoms with Crippen molar-refractivity contribution in [2.24, 2.45) is 0 Å². The molecular formula is C17H14N4O2. The fraction of sp³-hybridized carbons (Fsp3) is 0.176. The van der Waals surface area contributed by atoms with Gasteiger partial charge in [0.15, 0.2) is 0 Å². The van der Waals surface area contributed by atoms with Crippen LogP contribution in [0.3, 0.4) is 0 Å². The quantitative estimate of drug-likeness (QED) is 0.574. The van der Waals surface area contributed by atoms with E-state index < -0.39 is 5.91 Å². The number of nitrogens with zero attached hydrogens (tertiary/aromatic N) is 3. The minimum atomic E-state index is -0.574. The van der Waals surface area contributed by atoms with E-state index in [2.05, 4.69) is 15.0 Å². The minimum Gasteiger partial charge on any atom is -0.288 e. The molecule has 0 unspecified atom stereocenters. The monoisotopic (exact) mass is 306 g/mol. The number of pyridine rings is 1. The molecule has 2 N–H and O–H groups in total. The van der Waals surface area contributed by atoms with Gasteiger partial charge in [-0.2, -0.15) is 0 Å². The number of carbonyl (C=O) groups excluding carboxylic acids is 1. The minimum absolute atomic E-state index is 0.327. The lowest BCUT2D eigenvalue weighted by Gasteiger charge is -2.05. The molecule has 1 aliphatic carbocycles. The smallest absolute Gasteiger partial charge is 0.274 e. The van der Waals surface area contributed by atoms with Gasteiger partial charge in [0.1, 0.15) is 0 Å². The summed E-state index contributed by atoms with van der Waals surface area (Å²) in [7, 11) is 0. The normalized spacial score (nSPS) is 14.0. The van der Waals surface area contributed by atoms with E-state index in [9.17, 15) is 4.79 Å². The molecule has 0 atom stereocenters. The number of hydrogen-bond donors (Lipinski definition) is 2. The highest BCUT2D eigenvalue weighted by molar-refractivity contribution is 5.96. The highest BCUT2D eigenvalue weighted by Gasteiger charge is 2.24. The highest BCUT2D eigenvalue weighted by atomic mass is 16.5. The van der Waals surface area contributed by atoms with E-state index >= 15 is 0 Å². The van der Waals surface area contributed by atoms with E-state index in [1.165, 1.54) is 12.8 Å². The molecule has 114 valence electrons. The van der Waals surface area contributed by atoms with E-state index in [4.69, 9.17) is 5.21 Å². The number of hydroxylamine groups is 1. The van der Waals surface area contributed by atoms with Gasteiger partial charge < -0.3 is 0 Å². The standard InChI is InChI=1S/C17H14N4O2/c22-17(21-23)11-3-6-14-15(7-11)20-16(9-19-14)12-4-5-13(18-8-12)10-1-2-10/h3-10,23H,1-2H2,(H,21,22). The Bertz CT molecular complexity index is 889. The first-order valence-electron chi connectivity index (χ1n) is 7.42. The van der Waals surface area contributed by atoms with Crippen LogP contribution < -0.4 is 5.48 Å². The van der Waals surface area contributed by atoms with Crippen molar-refractivity contribution in [3.8, 4) is 11.3 Å². The molecule has 1 aromatic carbocycles. The molecule has 0 aliphatic heterocycles. The Balaban J connectivity index is 1.72. The van der Waals surface area contributed by atoms with Gasteiger partial charge >= 0.3 is 0 Å². The number of hydrogen-bond acceptors (Lipinski definition) is 5. The molecule has 0 radical (unpaired) electrons. The Morgan fingerprint density at radius 3 is 2.65 bits per heavy atom. The maximum atomic E-state index is 11.5. The fourth-order valence-electron chi connectivity index (χ4n) is 2.53. The van der Waals surface area contributed by atoms with Crippen LogP contribution in [0.1, 0.15) is 34.8 Å². The van der Waals surface area contributed by atoms with Crippen molar-refractivity contribution >= 4 is 16.9 Å². The molecule has 0 bridgehead atoms. The molecule has 1 saturated carbocycles. The van der Waals surface area contributed by atoms with E-state index in [0.717, 1.165) is 11.3 Å². The van der Waals surface area contributed by atoms with Gasteiger partial charge in [0.2, 0.25) is 0 Å². The first-order chi connectivity index (χ1) is 11.2. The summed E-state index contributed by atoms with van der Waals surface area (Å²) in [6, 6.07) is 8.93. The summed E-state index contributed by atoms with van der Waals surface area (Å²) < 4.78 is 0. The number of nitrogens with one attached hydrogen (secondary N) is 1. The second-order valence-electron chi connectivity index (χ2n) is 5.65. The summed E-state index contributed by atoms with van der Waals surface area (Å²) >= 11 is 0. The van der Waals surface area contributed by atoms with Crippen LogP contribution in [0.5, 0.6) is 0 Å². The lowest BCUT2D eigenvalue weighted by molar-refractivity contribution is 0.0706. The molecule has 23 heavy (non-hydrogen) atoms. The van der Waals surface area contributed by atoms with Crippen molar-refractivity contribution in [1.29, 1.82) is 0 Å². The summed E-state index contributed by atoms with van der Waals surface area (Å²) in [6.07, 6.45) is 5.95. The van der Waals surface area contributed by atoms with Gasteiger partial charge in [-0.25, -0.2) is 10.5 Å². The lowest BCUT2D eigenvalue weighted by Crippen LogP contribution is -2.18. The van der Waals surface area contributed by atoms with Crippen molar-refractivity contribution in [3.63, 3.8) is 0 Å². The third-order valence-corrected chi connectivity index (χ3v) is 3.98. The zero-order valence-corrected chi connectivity index (χ0v) is 12.2. The van der Waals surface area contributed by atoms with Crippen LogP contribution in [0.15, 0.2) is 42.7 Å². The summed E-state index contributed by atoms with van der Waals surface area (Å²) in [5.41, 5.74) is 5.95. The van der Waals surface area contributed by atoms with Crippen molar-refractivity contribution < 1.29 is 10.0 Å². The number of benzene rings is 1. The van der Waals surface area contributed by atoms with Gasteiger partial charge in [-0.15, -0.1) is 0 Å². The molecule has 1 aliphatic rings. The third-order valence-electron chi connectivity index (χ3n) is 3.98. The summed E-state index contributed by atoms with van der Waals surface area (Å²) in [5, 5.41) is 8.72. The van der Waals surface area contributed by atoms with Crippen LogP contribution in [0.2, 0.25) is 0 Å². The zero-order chi connectivity index (χ0) is 15.8. The maximum Gasteiger partial charge on any atom is 0.274 e. The van der Waals surface area contributed by atoms with Crippen molar-refractivity contribution in [2.45, 2.75) is 18.8 Å². The van der Waals surface area contributed by atoms with Crippen LogP contribution in [-0.2, 0) is 0 Å². The van der Waals surface area contributed by atoms with Gasteiger partial charge in [-0.05, 0) is 43.2 Å². The maximum absolute atomic E-state index is 11.5. The van der Waals surface area contributed by atoms with E-state index in [1.807, 2.05) is 18.3 Å². The molecule has 2 heterocycles. The third kappa shape index (κ3) is 2.64. The predicted molar refractivity (Wildman–Crippen MR) is 84.0 cm³/mol. The van der Waals surface area contributed by atoms with E-state index in [-0.39, 0.29) is 0 Å². The van der Waals surface area contributed by atoms with Crippen molar-refractivity contribution in [2.75, 3.05) is 0 Å². The van der Waals surface area contributed by atoms with E-state index in [1.54, 1.807) is 29.9 Å². The van der Waals surface area contributed by atoms with Crippen LogP contribution in [0.25, 0.3) is 22.3 Å². The molecule has 2 aromatic heterocycles. The van der Waals surface area contributed by atoms with Crippen LogP contribution >= 0.6 is 0 Å². The highest BCUT2D eigenvalue weighted by Crippen LogP contribution is 2.39. The van der Waals surface area contributed by atoms with Gasteiger partial charge in [0.25, 0.3) is 5.91 Å². The Kier molecular flexibility index (Phi) is 3.24. The number of aromatic nitrogens is 3. The fourth-order valence-corrected chi connectivity index (χ4v) is 2.53. The molecule has 0 spiro atoms. The molecular weight excluding hydrogens is 292 g/mol. The molecule has 0 saturated heterocycles. The second-order valence-corrected chi connectivity index (χ2v) is 5.65.